The van der Waals surface area contributed by atoms with Gasteiger partial charge in [-0.05, 0) is 19.8 Å². The average molecular weight is 322 g/mol. The molecular formula is C17H22O6. The first-order valence-electron chi connectivity index (χ1n) is 7.64. The summed E-state index contributed by atoms with van der Waals surface area (Å²) in [6.45, 7) is 5.49. The highest BCUT2D eigenvalue weighted by Crippen LogP contribution is 2.25. The average Bonchev–Trinajstić information content (AvgIpc) is 2.50. The summed E-state index contributed by atoms with van der Waals surface area (Å²) in [4.78, 5) is 34.6. The predicted octanol–water partition coefficient (Wildman–Crippen LogP) is 2.94. The third-order valence-corrected chi connectivity index (χ3v) is 3.34. The second-order valence-corrected chi connectivity index (χ2v) is 5.11. The van der Waals surface area contributed by atoms with Crippen molar-refractivity contribution in [3.8, 4) is 5.75 Å². The van der Waals surface area contributed by atoms with Crippen molar-refractivity contribution in [1.82, 2.24) is 0 Å². The molecule has 0 aliphatic rings. The molecule has 0 saturated heterocycles. The summed E-state index contributed by atoms with van der Waals surface area (Å²) in [6.07, 6.45) is 4.35. The van der Waals surface area contributed by atoms with Gasteiger partial charge in [-0.1, -0.05) is 19.9 Å². The maximum absolute atomic E-state index is 11.8. The number of ketones is 1. The van der Waals surface area contributed by atoms with Crippen LogP contribution in [0.1, 0.15) is 62.1 Å². The monoisotopic (exact) mass is 322 g/mol. The Morgan fingerprint density at radius 3 is 2.65 bits per heavy atom. The van der Waals surface area contributed by atoms with Gasteiger partial charge in [0.2, 0.25) is 0 Å². The van der Waals surface area contributed by atoms with Crippen LogP contribution < -0.4 is 5.63 Å². The molecule has 0 aliphatic carbocycles. The lowest BCUT2D eigenvalue weighted by atomic mass is 10.0. The van der Waals surface area contributed by atoms with Gasteiger partial charge in [0.05, 0.1) is 6.61 Å². The standard InChI is InChI=1S/C17H22O6/c1-4-12(18)16-13(19)10-14(23-17(16)21)11(3)8-6-7-9-15(20)22-5-2/h7,9-11,19H,4-6,8H2,1-3H3. The molecule has 0 aromatic carbocycles. The van der Waals surface area contributed by atoms with E-state index in [0.717, 1.165) is 0 Å². The van der Waals surface area contributed by atoms with E-state index in [1.807, 2.05) is 6.92 Å². The van der Waals surface area contributed by atoms with Crippen LogP contribution in [0.15, 0.2) is 27.4 Å². The molecule has 1 N–H and O–H groups in total. The van der Waals surface area contributed by atoms with Crippen molar-refractivity contribution >= 4 is 11.8 Å². The van der Waals surface area contributed by atoms with Crippen LogP contribution >= 0.6 is 0 Å². The molecule has 1 rings (SSSR count). The lowest BCUT2D eigenvalue weighted by molar-refractivity contribution is -0.137. The molecule has 1 atom stereocenters. The van der Waals surface area contributed by atoms with Gasteiger partial charge in [-0.2, -0.15) is 0 Å². The van der Waals surface area contributed by atoms with Gasteiger partial charge in [0.25, 0.3) is 0 Å². The van der Waals surface area contributed by atoms with E-state index in [2.05, 4.69) is 0 Å². The molecule has 0 aliphatic heterocycles. The van der Waals surface area contributed by atoms with E-state index in [1.54, 1.807) is 19.9 Å². The van der Waals surface area contributed by atoms with Crippen molar-refractivity contribution in [2.45, 2.75) is 46.0 Å². The molecule has 6 heteroatoms. The number of Topliss-reactive ketones (excluding diaryl/α,β-unsaturated/α-hetero) is 1. The number of rotatable bonds is 8. The second-order valence-electron chi connectivity index (χ2n) is 5.11. The highest BCUT2D eigenvalue weighted by molar-refractivity contribution is 5.97. The normalized spacial score (nSPS) is 12.3. The van der Waals surface area contributed by atoms with Crippen LogP contribution in [-0.4, -0.2) is 23.5 Å². The SMILES string of the molecule is CCOC(=O)C=CCCC(C)c1cc(O)c(C(=O)CC)c(=O)o1. The summed E-state index contributed by atoms with van der Waals surface area (Å²) in [6, 6.07) is 1.31. The first-order chi connectivity index (χ1) is 10.9. The highest BCUT2D eigenvalue weighted by atomic mass is 16.5. The Bertz CT molecular complexity index is 641. The van der Waals surface area contributed by atoms with Gasteiger partial charge in [-0.3, -0.25) is 4.79 Å². The van der Waals surface area contributed by atoms with Crippen LogP contribution in [0.2, 0.25) is 0 Å². The highest BCUT2D eigenvalue weighted by Gasteiger charge is 2.19. The Hall–Kier alpha value is -2.37. The van der Waals surface area contributed by atoms with Crippen molar-refractivity contribution < 1.29 is 23.8 Å². The van der Waals surface area contributed by atoms with Gasteiger partial charge in [0, 0.05) is 24.5 Å². The first kappa shape index (κ1) is 18.7. The zero-order valence-corrected chi connectivity index (χ0v) is 13.6. The minimum atomic E-state index is -0.819. The minimum absolute atomic E-state index is 0.117. The maximum atomic E-state index is 11.8. The lowest BCUT2D eigenvalue weighted by Gasteiger charge is -2.10. The quantitative estimate of drug-likeness (QED) is 0.449. The zero-order valence-electron chi connectivity index (χ0n) is 13.6. The number of ether oxygens (including phenoxy) is 1. The number of hydrogen-bond donors (Lipinski definition) is 1. The molecule has 1 aromatic rings. The number of carbonyl (C=O) groups excluding carboxylic acids is 2. The van der Waals surface area contributed by atoms with Crippen LogP contribution in [-0.2, 0) is 9.53 Å². The van der Waals surface area contributed by atoms with Crippen LogP contribution in [0, 0.1) is 0 Å². The fourth-order valence-corrected chi connectivity index (χ4v) is 2.03. The first-order valence-corrected chi connectivity index (χ1v) is 7.64. The fraction of sp³-hybridized carbons (Fsp3) is 0.471. The summed E-state index contributed by atoms with van der Waals surface area (Å²) in [5.41, 5.74) is -1.12. The van der Waals surface area contributed by atoms with E-state index in [1.165, 1.54) is 12.1 Å². The summed E-state index contributed by atoms with van der Waals surface area (Å²) < 4.78 is 9.90. The Labute approximate surface area is 134 Å². The number of aromatic hydroxyl groups is 1. The van der Waals surface area contributed by atoms with Crippen molar-refractivity contribution in [3.63, 3.8) is 0 Å². The molecular weight excluding hydrogens is 300 g/mol. The molecule has 0 amide bonds. The van der Waals surface area contributed by atoms with E-state index in [0.29, 0.717) is 25.2 Å². The Balaban J connectivity index is 2.74. The third-order valence-electron chi connectivity index (χ3n) is 3.34. The third kappa shape index (κ3) is 5.39. The number of carbonyl (C=O) groups is 2. The Morgan fingerprint density at radius 2 is 2.09 bits per heavy atom. The molecule has 23 heavy (non-hydrogen) atoms. The summed E-state index contributed by atoms with van der Waals surface area (Å²) in [5.74, 6) is -1.03. The Morgan fingerprint density at radius 1 is 1.39 bits per heavy atom. The fourth-order valence-electron chi connectivity index (χ4n) is 2.03. The number of hydrogen-bond acceptors (Lipinski definition) is 6. The second kappa shape index (κ2) is 8.92. The molecule has 0 fully saturated rings. The lowest BCUT2D eigenvalue weighted by Crippen LogP contribution is -2.15. The van der Waals surface area contributed by atoms with Crippen molar-refractivity contribution in [3.05, 3.63) is 40.0 Å². The van der Waals surface area contributed by atoms with E-state index < -0.39 is 17.4 Å². The van der Waals surface area contributed by atoms with E-state index >= 15 is 0 Å². The molecule has 0 saturated carbocycles. The van der Waals surface area contributed by atoms with Gasteiger partial charge < -0.3 is 14.3 Å². The van der Waals surface area contributed by atoms with Crippen molar-refractivity contribution in [2.24, 2.45) is 0 Å². The van der Waals surface area contributed by atoms with Gasteiger partial charge in [-0.15, -0.1) is 0 Å². The Kier molecular flexibility index (Phi) is 7.25. The molecule has 1 heterocycles. The smallest absolute Gasteiger partial charge is 0.350 e. The van der Waals surface area contributed by atoms with Crippen LogP contribution in [0.25, 0.3) is 0 Å². The number of esters is 1. The van der Waals surface area contributed by atoms with Gasteiger partial charge in [-0.25, -0.2) is 9.59 Å². The summed E-state index contributed by atoms with van der Waals surface area (Å²) in [5, 5.41) is 9.87. The van der Waals surface area contributed by atoms with E-state index in [-0.39, 0.29) is 23.7 Å². The zero-order chi connectivity index (χ0) is 17.4. The molecule has 0 bridgehead atoms. The molecule has 6 nitrogen and oxygen atoms in total. The topological polar surface area (TPSA) is 93.8 Å². The molecule has 1 unspecified atom stereocenters. The molecule has 126 valence electrons. The molecule has 0 radical (unpaired) electrons. The number of allylic oxidation sites excluding steroid dienone is 1. The molecule has 0 spiro atoms. The molecule has 1 aromatic heterocycles. The summed E-state index contributed by atoms with van der Waals surface area (Å²) >= 11 is 0. The van der Waals surface area contributed by atoms with Crippen molar-refractivity contribution in [1.29, 1.82) is 0 Å². The van der Waals surface area contributed by atoms with Crippen LogP contribution in [0.4, 0.5) is 0 Å². The van der Waals surface area contributed by atoms with Gasteiger partial charge in [0.1, 0.15) is 17.1 Å². The van der Waals surface area contributed by atoms with Gasteiger partial charge in [0.15, 0.2) is 5.78 Å². The van der Waals surface area contributed by atoms with E-state index in [9.17, 15) is 19.5 Å². The van der Waals surface area contributed by atoms with E-state index in [4.69, 9.17) is 9.15 Å². The van der Waals surface area contributed by atoms with Crippen molar-refractivity contribution in [2.75, 3.05) is 6.61 Å². The summed E-state index contributed by atoms with van der Waals surface area (Å²) in [7, 11) is 0. The predicted molar refractivity (Wildman–Crippen MR) is 84.7 cm³/mol. The van der Waals surface area contributed by atoms with Gasteiger partial charge >= 0.3 is 11.6 Å². The largest absolute Gasteiger partial charge is 0.507 e. The van der Waals surface area contributed by atoms with Crippen LogP contribution in [0.5, 0.6) is 5.75 Å². The maximum Gasteiger partial charge on any atom is 0.350 e. The minimum Gasteiger partial charge on any atom is -0.507 e. The van der Waals surface area contributed by atoms with Crippen LogP contribution in [0.3, 0.4) is 0 Å².